The van der Waals surface area contributed by atoms with Crippen LogP contribution in [0.15, 0.2) is 77.0 Å². The summed E-state index contributed by atoms with van der Waals surface area (Å²) in [4.78, 5) is 13.3. The summed E-state index contributed by atoms with van der Waals surface area (Å²) in [6.45, 7) is 0. The van der Waals surface area contributed by atoms with Crippen LogP contribution in [0.25, 0.3) is 0 Å². The SMILES string of the molecule is [CH3][Al]1[O]c2ccccc2C=Nc2ccncc2N=Cc2ccccc2[O]1. The van der Waals surface area contributed by atoms with Crippen LogP contribution in [-0.4, -0.2) is 32.2 Å². The summed E-state index contributed by atoms with van der Waals surface area (Å²) in [5.74, 6) is 3.53. The number of hydrogen-bond donors (Lipinski definition) is 0. The normalized spacial score (nSPS) is 13.0. The van der Waals surface area contributed by atoms with Gasteiger partial charge in [0.05, 0.1) is 23.4 Å². The quantitative estimate of drug-likeness (QED) is 0.558. The van der Waals surface area contributed by atoms with E-state index in [0.29, 0.717) is 5.69 Å². The minimum atomic E-state index is -1.95. The van der Waals surface area contributed by atoms with Gasteiger partial charge in [-0.25, -0.2) is 0 Å². The third kappa shape index (κ3) is 3.67. The Balaban J connectivity index is 1.85. The van der Waals surface area contributed by atoms with Gasteiger partial charge in [-0.3, -0.25) is 15.0 Å². The first-order valence-electron chi connectivity index (χ1n) is 8.33. The monoisotopic (exact) mass is 357 g/mol. The number of aliphatic imine (C=N–C) groups is 2. The molecular formula is C20H16AlN3O2. The molecule has 0 saturated heterocycles. The first kappa shape index (κ1) is 16.5. The fourth-order valence-electron chi connectivity index (χ4n) is 2.64. The molecule has 0 bridgehead atoms. The Morgan fingerprint density at radius 3 is 1.96 bits per heavy atom. The van der Waals surface area contributed by atoms with E-state index < -0.39 is 14.8 Å². The van der Waals surface area contributed by atoms with Crippen molar-refractivity contribution in [1.29, 1.82) is 0 Å². The smallest absolute Gasteiger partial charge is 0.611 e. The van der Waals surface area contributed by atoms with Crippen molar-refractivity contribution >= 4 is 38.6 Å². The van der Waals surface area contributed by atoms with Crippen LogP contribution in [0.5, 0.6) is 11.5 Å². The first-order chi connectivity index (χ1) is 12.8. The van der Waals surface area contributed by atoms with Crippen LogP contribution >= 0.6 is 0 Å². The Labute approximate surface area is 156 Å². The molecule has 3 aromatic rings. The summed E-state index contributed by atoms with van der Waals surface area (Å²) >= 11 is -1.95. The second kappa shape index (κ2) is 7.53. The predicted octanol–water partition coefficient (Wildman–Crippen LogP) is 4.47. The Morgan fingerprint density at radius 1 is 0.731 bits per heavy atom. The van der Waals surface area contributed by atoms with Crippen molar-refractivity contribution in [2.75, 3.05) is 0 Å². The van der Waals surface area contributed by atoms with Gasteiger partial charge in [-0.1, -0.05) is 24.3 Å². The molecule has 0 atom stereocenters. The highest BCUT2D eigenvalue weighted by Gasteiger charge is 2.26. The van der Waals surface area contributed by atoms with Gasteiger partial charge in [0.2, 0.25) is 0 Å². The predicted molar refractivity (Wildman–Crippen MR) is 105 cm³/mol. The van der Waals surface area contributed by atoms with Gasteiger partial charge in [0, 0.05) is 29.8 Å². The van der Waals surface area contributed by atoms with Crippen molar-refractivity contribution in [3.8, 4) is 11.5 Å². The lowest BCUT2D eigenvalue weighted by molar-refractivity contribution is 0.430. The first-order valence-corrected chi connectivity index (χ1v) is 10.4. The highest BCUT2D eigenvalue weighted by Crippen LogP contribution is 2.28. The van der Waals surface area contributed by atoms with Crippen LogP contribution in [0.3, 0.4) is 0 Å². The Kier molecular flexibility index (Phi) is 4.78. The van der Waals surface area contributed by atoms with Crippen LogP contribution < -0.4 is 7.58 Å². The summed E-state index contributed by atoms with van der Waals surface area (Å²) in [7, 11) is 0. The van der Waals surface area contributed by atoms with Crippen LogP contribution in [0, 0.1) is 0 Å². The van der Waals surface area contributed by atoms with Gasteiger partial charge < -0.3 is 7.58 Å². The summed E-state index contributed by atoms with van der Waals surface area (Å²) in [6, 6.07) is 17.4. The fourth-order valence-corrected chi connectivity index (χ4v) is 3.83. The molecule has 1 aromatic heterocycles. The molecular weight excluding hydrogens is 341 g/mol. The minimum absolute atomic E-state index is 0.696. The molecule has 0 aliphatic carbocycles. The van der Waals surface area contributed by atoms with Crippen LogP contribution in [0.2, 0.25) is 5.79 Å². The average molecular weight is 357 g/mol. The van der Waals surface area contributed by atoms with E-state index in [1.807, 2.05) is 60.4 Å². The largest absolute Gasteiger partial charge is 0.853 e. The molecule has 0 unspecified atom stereocenters. The molecule has 26 heavy (non-hydrogen) atoms. The fraction of sp³-hybridized carbons (Fsp3) is 0.0500. The second-order valence-corrected chi connectivity index (χ2v) is 7.37. The van der Waals surface area contributed by atoms with E-state index in [1.165, 1.54) is 0 Å². The summed E-state index contributed by atoms with van der Waals surface area (Å²) < 4.78 is 12.2. The topological polar surface area (TPSA) is 56.1 Å². The van der Waals surface area contributed by atoms with Gasteiger partial charge in [-0.2, -0.15) is 0 Å². The summed E-state index contributed by atoms with van der Waals surface area (Å²) in [5, 5.41) is 0. The number of para-hydroxylation sites is 2. The molecule has 1 aliphatic rings. The maximum Gasteiger partial charge on any atom is 0.853 e. The van der Waals surface area contributed by atoms with Crippen molar-refractivity contribution in [3.05, 3.63) is 78.1 Å². The third-order valence-electron chi connectivity index (χ3n) is 3.89. The van der Waals surface area contributed by atoms with Crippen molar-refractivity contribution in [2.45, 2.75) is 5.79 Å². The Morgan fingerprint density at radius 2 is 1.31 bits per heavy atom. The highest BCUT2D eigenvalue weighted by atomic mass is 27.2. The molecule has 0 spiro atoms. The zero-order valence-electron chi connectivity index (χ0n) is 14.2. The molecule has 5 nitrogen and oxygen atoms in total. The van der Waals surface area contributed by atoms with Gasteiger partial charge in [0.25, 0.3) is 0 Å². The molecule has 0 N–H and O–H groups in total. The molecule has 2 aromatic carbocycles. The zero-order chi connectivity index (χ0) is 17.8. The van der Waals surface area contributed by atoms with Gasteiger partial charge in [0.15, 0.2) is 0 Å². The summed E-state index contributed by atoms with van der Waals surface area (Å²) in [5.41, 5.74) is 3.23. The van der Waals surface area contributed by atoms with E-state index >= 15 is 0 Å². The average Bonchev–Trinajstić information content (AvgIpc) is 2.67. The van der Waals surface area contributed by atoms with E-state index in [-0.39, 0.29) is 0 Å². The molecule has 6 heteroatoms. The molecule has 1 aliphatic heterocycles. The molecule has 0 radical (unpaired) electrons. The van der Waals surface area contributed by atoms with Crippen LogP contribution in [0.1, 0.15) is 11.1 Å². The zero-order valence-corrected chi connectivity index (χ0v) is 15.4. The van der Waals surface area contributed by atoms with E-state index in [0.717, 1.165) is 28.3 Å². The lowest BCUT2D eigenvalue weighted by Gasteiger charge is -2.16. The van der Waals surface area contributed by atoms with Gasteiger partial charge in [-0.05, 0) is 36.1 Å². The molecule has 4 rings (SSSR count). The maximum absolute atomic E-state index is 6.12. The van der Waals surface area contributed by atoms with Crippen LogP contribution in [0.4, 0.5) is 11.4 Å². The number of hydrogen-bond acceptors (Lipinski definition) is 5. The van der Waals surface area contributed by atoms with E-state index in [9.17, 15) is 0 Å². The maximum atomic E-state index is 6.12. The van der Waals surface area contributed by atoms with Gasteiger partial charge in [0.1, 0.15) is 5.69 Å². The number of rotatable bonds is 0. The van der Waals surface area contributed by atoms with E-state index in [4.69, 9.17) is 7.58 Å². The Hall–Kier alpha value is -2.94. The molecule has 0 saturated carbocycles. The lowest BCUT2D eigenvalue weighted by atomic mass is 10.2. The summed E-state index contributed by atoms with van der Waals surface area (Å²) in [6.07, 6.45) is 6.97. The number of fused-ring (bicyclic) bond motifs is 3. The molecule has 0 fully saturated rings. The standard InChI is InChI=1S/C19H15N3O2.CH3.Al/c23-18-7-3-1-5-14(18)11-21-16-9-10-20-13-17(16)22-12-15-6-2-4-8-19(15)24;;/h1-13,23-24H;1H3;/q;;+2/p-2. The lowest BCUT2D eigenvalue weighted by Crippen LogP contribution is -2.26. The van der Waals surface area contributed by atoms with Crippen molar-refractivity contribution in [3.63, 3.8) is 0 Å². The van der Waals surface area contributed by atoms with Crippen molar-refractivity contribution < 1.29 is 7.58 Å². The van der Waals surface area contributed by atoms with E-state index in [1.54, 1.807) is 24.8 Å². The Bertz CT molecular complexity index is 910. The number of pyridine rings is 1. The van der Waals surface area contributed by atoms with E-state index in [2.05, 4.69) is 15.0 Å². The molecule has 126 valence electrons. The van der Waals surface area contributed by atoms with Crippen LogP contribution in [-0.2, 0) is 0 Å². The van der Waals surface area contributed by atoms with Crippen molar-refractivity contribution in [1.82, 2.24) is 4.98 Å². The van der Waals surface area contributed by atoms with Crippen molar-refractivity contribution in [2.24, 2.45) is 9.98 Å². The third-order valence-corrected chi connectivity index (χ3v) is 5.06. The van der Waals surface area contributed by atoms with Gasteiger partial charge >= 0.3 is 14.8 Å². The molecule has 0 amide bonds. The number of benzene rings is 2. The number of aromatic nitrogens is 1. The highest BCUT2D eigenvalue weighted by molar-refractivity contribution is 6.44. The number of nitrogens with zero attached hydrogens (tertiary/aromatic N) is 3. The minimum Gasteiger partial charge on any atom is -0.611 e. The molecule has 2 heterocycles. The second-order valence-electron chi connectivity index (χ2n) is 5.76. The van der Waals surface area contributed by atoms with Gasteiger partial charge in [-0.15, -0.1) is 0 Å².